The van der Waals surface area contributed by atoms with E-state index in [0.717, 1.165) is 25.7 Å². The number of aliphatic hydroxyl groups is 1. The van der Waals surface area contributed by atoms with Gasteiger partial charge in [-0.15, -0.1) is 0 Å². The van der Waals surface area contributed by atoms with Crippen LogP contribution in [0.1, 0.15) is 50.7 Å². The maximum Gasteiger partial charge on any atom is 0.141 e. The minimum Gasteiger partial charge on any atom is -0.387 e. The lowest BCUT2D eigenvalue weighted by atomic mass is 9.89. The number of rotatable bonds is 4. The number of hydrogen-bond donors (Lipinski definition) is 1. The predicted octanol–water partition coefficient (Wildman–Crippen LogP) is 2.91. The molecule has 0 saturated carbocycles. The van der Waals surface area contributed by atoms with Crippen LogP contribution in [0.4, 0.5) is 4.39 Å². The van der Waals surface area contributed by atoms with E-state index in [1.54, 1.807) is 6.20 Å². The van der Waals surface area contributed by atoms with Crippen molar-refractivity contribution in [2.75, 3.05) is 7.05 Å². The number of aromatic nitrogens is 1. The van der Waals surface area contributed by atoms with Gasteiger partial charge in [0.05, 0.1) is 12.3 Å². The highest BCUT2D eigenvalue weighted by Crippen LogP contribution is 2.32. The predicted molar refractivity (Wildman–Crippen MR) is 73.3 cm³/mol. The number of piperidine rings is 1. The van der Waals surface area contributed by atoms with Crippen LogP contribution < -0.4 is 0 Å². The molecule has 1 aromatic rings. The van der Waals surface area contributed by atoms with E-state index in [9.17, 15) is 9.50 Å². The molecule has 3 unspecified atom stereocenters. The summed E-state index contributed by atoms with van der Waals surface area (Å²) in [5, 5.41) is 10.5. The van der Waals surface area contributed by atoms with Gasteiger partial charge in [0.2, 0.25) is 0 Å². The van der Waals surface area contributed by atoms with E-state index < -0.39 is 6.10 Å². The Morgan fingerprint density at radius 3 is 2.95 bits per heavy atom. The van der Waals surface area contributed by atoms with E-state index in [0.29, 0.717) is 11.6 Å². The molecule has 2 rings (SSSR count). The van der Waals surface area contributed by atoms with Crippen molar-refractivity contribution >= 4 is 0 Å². The lowest BCUT2D eigenvalue weighted by Crippen LogP contribution is -2.46. The first kappa shape index (κ1) is 14.4. The number of aliphatic hydroxyl groups excluding tert-OH is 1. The molecule has 1 fully saturated rings. The van der Waals surface area contributed by atoms with Gasteiger partial charge in [-0.2, -0.15) is 0 Å². The normalized spacial score (nSPS) is 26.3. The third-order valence-electron chi connectivity index (χ3n) is 4.19. The van der Waals surface area contributed by atoms with Crippen molar-refractivity contribution in [1.82, 2.24) is 9.88 Å². The number of pyridine rings is 1. The Morgan fingerprint density at radius 2 is 2.26 bits per heavy atom. The second-order valence-electron chi connectivity index (χ2n) is 5.49. The first-order valence-corrected chi connectivity index (χ1v) is 7.14. The van der Waals surface area contributed by atoms with Crippen LogP contribution >= 0.6 is 0 Å². The van der Waals surface area contributed by atoms with Crippen LogP contribution in [0, 0.1) is 5.82 Å². The van der Waals surface area contributed by atoms with Crippen LogP contribution in [0.25, 0.3) is 0 Å². The molecule has 2 heterocycles. The zero-order valence-electron chi connectivity index (χ0n) is 11.7. The van der Waals surface area contributed by atoms with Crippen molar-refractivity contribution in [3.05, 3.63) is 29.8 Å². The molecule has 0 spiro atoms. The largest absolute Gasteiger partial charge is 0.387 e. The summed E-state index contributed by atoms with van der Waals surface area (Å²) in [6, 6.07) is 1.98. The smallest absolute Gasteiger partial charge is 0.141 e. The molecule has 0 bridgehead atoms. The van der Waals surface area contributed by atoms with Gasteiger partial charge in [-0.05, 0) is 32.4 Å². The number of halogens is 1. The molecule has 1 aliphatic heterocycles. The summed E-state index contributed by atoms with van der Waals surface area (Å²) in [5.74, 6) is -0.389. The van der Waals surface area contributed by atoms with E-state index in [1.165, 1.54) is 18.7 Å². The van der Waals surface area contributed by atoms with Gasteiger partial charge in [0, 0.05) is 23.8 Å². The fourth-order valence-electron chi connectivity index (χ4n) is 3.11. The van der Waals surface area contributed by atoms with E-state index in [4.69, 9.17) is 0 Å². The summed E-state index contributed by atoms with van der Waals surface area (Å²) < 4.78 is 13.2. The molecule has 3 nitrogen and oxygen atoms in total. The van der Waals surface area contributed by atoms with Crippen LogP contribution in [0.5, 0.6) is 0 Å². The summed E-state index contributed by atoms with van der Waals surface area (Å²) in [5.41, 5.74) is 0.578. The number of hydrogen-bond acceptors (Lipinski definition) is 3. The van der Waals surface area contributed by atoms with Gasteiger partial charge < -0.3 is 5.11 Å². The average Bonchev–Trinajstić information content (AvgIpc) is 2.41. The maximum absolute atomic E-state index is 13.2. The van der Waals surface area contributed by atoms with Gasteiger partial charge in [-0.3, -0.25) is 9.88 Å². The Morgan fingerprint density at radius 1 is 1.47 bits per heavy atom. The van der Waals surface area contributed by atoms with Crippen LogP contribution in [0.15, 0.2) is 18.5 Å². The zero-order valence-corrected chi connectivity index (χ0v) is 11.7. The average molecular weight is 266 g/mol. The molecule has 1 aromatic heterocycles. The molecule has 3 atom stereocenters. The Hall–Kier alpha value is -1.00. The molecule has 0 radical (unpaired) electrons. The molecule has 0 aliphatic carbocycles. The van der Waals surface area contributed by atoms with Crippen molar-refractivity contribution in [1.29, 1.82) is 0 Å². The summed E-state index contributed by atoms with van der Waals surface area (Å²) in [4.78, 5) is 6.09. The van der Waals surface area contributed by atoms with Crippen LogP contribution in [0.3, 0.4) is 0 Å². The lowest BCUT2D eigenvalue weighted by Gasteiger charge is -2.42. The van der Waals surface area contributed by atoms with Crippen molar-refractivity contribution in [3.63, 3.8) is 0 Å². The van der Waals surface area contributed by atoms with E-state index in [1.807, 2.05) is 0 Å². The van der Waals surface area contributed by atoms with Crippen LogP contribution in [-0.4, -0.2) is 34.1 Å². The molecule has 0 amide bonds. The number of nitrogens with zero attached hydrogens (tertiary/aromatic N) is 2. The van der Waals surface area contributed by atoms with Gasteiger partial charge in [0.15, 0.2) is 0 Å². The fraction of sp³-hybridized carbons (Fsp3) is 0.667. The van der Waals surface area contributed by atoms with E-state index >= 15 is 0 Å². The SMILES string of the molecule is CCCC1CCCC(C(O)c2cncc(F)c2)N1C. The molecule has 1 aliphatic rings. The Labute approximate surface area is 114 Å². The molecular weight excluding hydrogens is 243 g/mol. The van der Waals surface area contributed by atoms with Gasteiger partial charge in [0.1, 0.15) is 5.82 Å². The number of likely N-dealkylation sites (N-methyl/N-ethyl adjacent to an activating group) is 1. The molecule has 19 heavy (non-hydrogen) atoms. The Bertz CT molecular complexity index is 411. The molecule has 4 heteroatoms. The second kappa shape index (κ2) is 6.44. The Balaban J connectivity index is 2.11. The minimum atomic E-state index is -0.659. The monoisotopic (exact) mass is 266 g/mol. The first-order chi connectivity index (χ1) is 9.13. The van der Waals surface area contributed by atoms with Crippen molar-refractivity contribution in [2.24, 2.45) is 0 Å². The standard InChI is InChI=1S/C15H23FN2O/c1-3-5-13-6-4-7-14(18(13)2)15(19)11-8-12(16)10-17-9-11/h8-10,13-15,19H,3-7H2,1-2H3. The minimum absolute atomic E-state index is 0.0638. The number of likely N-dealkylation sites (tertiary alicyclic amines) is 1. The van der Waals surface area contributed by atoms with Crippen molar-refractivity contribution in [2.45, 2.75) is 57.2 Å². The van der Waals surface area contributed by atoms with Gasteiger partial charge in [-0.25, -0.2) is 4.39 Å². The van der Waals surface area contributed by atoms with Crippen LogP contribution in [-0.2, 0) is 0 Å². The zero-order chi connectivity index (χ0) is 13.8. The summed E-state index contributed by atoms with van der Waals surface area (Å²) in [6.45, 7) is 2.18. The van der Waals surface area contributed by atoms with E-state index in [-0.39, 0.29) is 11.9 Å². The second-order valence-corrected chi connectivity index (χ2v) is 5.49. The topological polar surface area (TPSA) is 36.4 Å². The summed E-state index contributed by atoms with van der Waals surface area (Å²) in [7, 11) is 2.07. The van der Waals surface area contributed by atoms with Gasteiger partial charge >= 0.3 is 0 Å². The van der Waals surface area contributed by atoms with Crippen molar-refractivity contribution < 1.29 is 9.50 Å². The quantitative estimate of drug-likeness (QED) is 0.910. The third-order valence-corrected chi connectivity index (χ3v) is 4.19. The summed E-state index contributed by atoms with van der Waals surface area (Å²) >= 11 is 0. The van der Waals surface area contributed by atoms with Gasteiger partial charge in [0.25, 0.3) is 0 Å². The summed E-state index contributed by atoms with van der Waals surface area (Å²) in [6.07, 6.45) is 7.64. The lowest BCUT2D eigenvalue weighted by molar-refractivity contribution is 0.00779. The Kier molecular flexibility index (Phi) is 4.88. The first-order valence-electron chi connectivity index (χ1n) is 7.14. The highest BCUT2D eigenvalue weighted by molar-refractivity contribution is 5.15. The maximum atomic E-state index is 13.2. The van der Waals surface area contributed by atoms with Crippen LogP contribution in [0.2, 0.25) is 0 Å². The highest BCUT2D eigenvalue weighted by atomic mass is 19.1. The third kappa shape index (κ3) is 3.31. The molecule has 1 saturated heterocycles. The molecule has 106 valence electrons. The van der Waals surface area contributed by atoms with Crippen molar-refractivity contribution in [3.8, 4) is 0 Å². The van der Waals surface area contributed by atoms with E-state index in [2.05, 4.69) is 23.9 Å². The highest BCUT2D eigenvalue weighted by Gasteiger charge is 2.32. The molecular formula is C15H23FN2O. The molecule has 0 aromatic carbocycles. The fourth-order valence-corrected chi connectivity index (χ4v) is 3.11. The molecule has 1 N–H and O–H groups in total. The van der Waals surface area contributed by atoms with Gasteiger partial charge in [-0.1, -0.05) is 19.8 Å².